The van der Waals surface area contributed by atoms with E-state index in [0.29, 0.717) is 23.6 Å². The SMILES string of the molecule is CC.C[C@H]1C[C@@H](C=O)N(O)C1.Cc1cccc(CN)c1F.[HH]. The fraction of sp³-hybridized carbons (Fsp3) is 0.562. The number of carbonyl (C=O) groups is 1. The molecule has 2 atom stereocenters. The molecule has 0 unspecified atom stereocenters. The van der Waals surface area contributed by atoms with Crippen LogP contribution in [0.25, 0.3) is 0 Å². The van der Waals surface area contributed by atoms with Crippen LogP contribution in [0, 0.1) is 18.7 Å². The van der Waals surface area contributed by atoms with Gasteiger partial charge in [0.05, 0.1) is 6.04 Å². The molecule has 1 aromatic rings. The van der Waals surface area contributed by atoms with Gasteiger partial charge in [0, 0.05) is 20.1 Å². The van der Waals surface area contributed by atoms with E-state index in [2.05, 4.69) is 0 Å². The van der Waals surface area contributed by atoms with Crippen molar-refractivity contribution in [1.29, 1.82) is 0 Å². The van der Waals surface area contributed by atoms with Crippen LogP contribution in [0.4, 0.5) is 4.39 Å². The summed E-state index contributed by atoms with van der Waals surface area (Å²) >= 11 is 0. The number of carbonyl (C=O) groups excluding carboxylic acids is 1. The predicted molar refractivity (Wildman–Crippen MR) is 84.6 cm³/mol. The predicted octanol–water partition coefficient (Wildman–Crippen LogP) is 3.15. The molecular weight excluding hydrogens is 271 g/mol. The molecule has 2 rings (SSSR count). The van der Waals surface area contributed by atoms with Crippen molar-refractivity contribution < 1.29 is 15.8 Å². The largest absolute Gasteiger partial charge is 0.326 e. The van der Waals surface area contributed by atoms with Crippen molar-refractivity contribution >= 4 is 6.29 Å². The van der Waals surface area contributed by atoms with E-state index >= 15 is 0 Å². The van der Waals surface area contributed by atoms with Gasteiger partial charge in [-0.1, -0.05) is 39.0 Å². The molecule has 1 saturated heterocycles. The van der Waals surface area contributed by atoms with Crippen molar-refractivity contribution in [1.82, 2.24) is 5.06 Å². The highest BCUT2D eigenvalue weighted by molar-refractivity contribution is 5.57. The number of hydrogen-bond donors (Lipinski definition) is 2. The minimum atomic E-state index is -0.250. The van der Waals surface area contributed by atoms with E-state index in [1.54, 1.807) is 25.1 Å². The van der Waals surface area contributed by atoms with Crippen LogP contribution in [0.5, 0.6) is 0 Å². The van der Waals surface area contributed by atoms with E-state index in [1.807, 2.05) is 20.8 Å². The van der Waals surface area contributed by atoms with Crippen LogP contribution in [0.15, 0.2) is 18.2 Å². The minimum Gasteiger partial charge on any atom is -0.326 e. The normalized spacial score (nSPS) is 20.9. The van der Waals surface area contributed by atoms with Crippen molar-refractivity contribution in [3.05, 3.63) is 35.1 Å². The molecule has 1 aliphatic rings. The van der Waals surface area contributed by atoms with E-state index in [9.17, 15) is 9.18 Å². The average Bonchev–Trinajstić information content (AvgIpc) is 2.83. The first-order valence-corrected chi connectivity index (χ1v) is 7.34. The fourth-order valence-corrected chi connectivity index (χ4v) is 2.05. The number of nitrogens with two attached hydrogens (primary N) is 1. The number of hydrogen-bond acceptors (Lipinski definition) is 4. The highest BCUT2D eigenvalue weighted by atomic mass is 19.1. The van der Waals surface area contributed by atoms with Gasteiger partial charge in [0.1, 0.15) is 12.1 Å². The quantitative estimate of drug-likeness (QED) is 0.823. The van der Waals surface area contributed by atoms with E-state index in [0.717, 1.165) is 17.8 Å². The van der Waals surface area contributed by atoms with Crippen LogP contribution in [-0.2, 0) is 11.3 Å². The molecule has 0 amide bonds. The van der Waals surface area contributed by atoms with E-state index in [4.69, 9.17) is 10.9 Å². The topological polar surface area (TPSA) is 66.6 Å². The summed E-state index contributed by atoms with van der Waals surface area (Å²) in [5.41, 5.74) is 6.52. The number of nitrogens with zero attached hydrogens (tertiary/aromatic N) is 1. The van der Waals surface area contributed by atoms with Crippen molar-refractivity contribution in [3.8, 4) is 0 Å². The molecule has 0 saturated carbocycles. The van der Waals surface area contributed by atoms with Crippen LogP contribution >= 0.6 is 0 Å². The Labute approximate surface area is 128 Å². The molecule has 21 heavy (non-hydrogen) atoms. The standard InChI is InChI=1S/C8H10FN.C6H11NO2.C2H6.H2/c1-6-3-2-4-7(5-10)8(6)9;1-5-2-6(4-8)7(9)3-5;1-2;/h2-4H,5,10H2,1H3;4-6,9H,2-3H2,1H3;1-2H3;1H/t;5-,6-;;/m.0../s1. The second kappa shape index (κ2) is 10.4. The van der Waals surface area contributed by atoms with E-state index < -0.39 is 0 Å². The van der Waals surface area contributed by atoms with Crippen LogP contribution in [0.2, 0.25) is 0 Å². The maximum absolute atomic E-state index is 12.9. The third-order valence-electron chi connectivity index (χ3n) is 3.17. The number of benzene rings is 1. The number of halogens is 1. The lowest BCUT2D eigenvalue weighted by Crippen LogP contribution is -2.26. The molecule has 3 N–H and O–H groups in total. The third-order valence-corrected chi connectivity index (χ3v) is 3.17. The Bertz CT molecular complexity index is 433. The molecule has 5 heteroatoms. The van der Waals surface area contributed by atoms with Crippen molar-refractivity contribution in [2.45, 2.75) is 46.7 Å². The molecular formula is C16H29FN2O2. The Hall–Kier alpha value is -1.30. The third kappa shape index (κ3) is 6.33. The van der Waals surface area contributed by atoms with Gasteiger partial charge in [-0.05, 0) is 24.8 Å². The second-order valence-corrected chi connectivity index (χ2v) is 4.92. The molecule has 1 fully saturated rings. The first-order valence-electron chi connectivity index (χ1n) is 7.34. The molecule has 0 aromatic heterocycles. The Balaban J connectivity index is 0. The van der Waals surface area contributed by atoms with Crippen molar-refractivity contribution in [2.75, 3.05) is 6.54 Å². The molecule has 0 aliphatic carbocycles. The summed E-state index contributed by atoms with van der Waals surface area (Å²) in [4.78, 5) is 10.2. The molecule has 0 radical (unpaired) electrons. The van der Waals surface area contributed by atoms with Gasteiger partial charge in [-0.15, -0.1) is 0 Å². The number of aldehydes is 1. The molecule has 122 valence electrons. The summed E-state index contributed by atoms with van der Waals surface area (Å²) < 4.78 is 12.9. The van der Waals surface area contributed by atoms with E-state index in [-0.39, 0.29) is 19.8 Å². The first-order chi connectivity index (χ1) is 9.99. The molecule has 1 aliphatic heterocycles. The lowest BCUT2D eigenvalue weighted by molar-refractivity contribution is -0.132. The van der Waals surface area contributed by atoms with Gasteiger partial charge in [0.2, 0.25) is 0 Å². The summed E-state index contributed by atoms with van der Waals surface area (Å²) in [6.07, 6.45) is 1.59. The Morgan fingerprint density at radius 2 is 2.14 bits per heavy atom. The lowest BCUT2D eigenvalue weighted by atomic mass is 10.1. The zero-order valence-corrected chi connectivity index (χ0v) is 13.3. The van der Waals surface area contributed by atoms with Gasteiger partial charge in [-0.3, -0.25) is 0 Å². The van der Waals surface area contributed by atoms with Crippen molar-refractivity contribution in [3.63, 3.8) is 0 Å². The van der Waals surface area contributed by atoms with Crippen LogP contribution in [0.1, 0.15) is 39.7 Å². The summed E-state index contributed by atoms with van der Waals surface area (Å²) in [6.45, 7) is 8.65. The van der Waals surface area contributed by atoms with Gasteiger partial charge >= 0.3 is 0 Å². The van der Waals surface area contributed by atoms with Gasteiger partial charge in [0.25, 0.3) is 0 Å². The minimum absolute atomic E-state index is 0. The van der Waals surface area contributed by atoms with Gasteiger partial charge in [-0.25, -0.2) is 4.39 Å². The van der Waals surface area contributed by atoms with Crippen LogP contribution in [-0.4, -0.2) is 29.1 Å². The highest BCUT2D eigenvalue weighted by Gasteiger charge is 2.27. The molecule has 4 nitrogen and oxygen atoms in total. The smallest absolute Gasteiger partial charge is 0.139 e. The fourth-order valence-electron chi connectivity index (χ4n) is 2.05. The zero-order valence-electron chi connectivity index (χ0n) is 13.3. The maximum Gasteiger partial charge on any atom is 0.139 e. The van der Waals surface area contributed by atoms with Gasteiger partial charge < -0.3 is 15.7 Å². The highest BCUT2D eigenvalue weighted by Crippen LogP contribution is 2.18. The monoisotopic (exact) mass is 300 g/mol. The van der Waals surface area contributed by atoms with Gasteiger partial charge in [-0.2, -0.15) is 5.06 Å². The van der Waals surface area contributed by atoms with Crippen LogP contribution < -0.4 is 5.73 Å². The Morgan fingerprint density at radius 3 is 2.48 bits per heavy atom. The summed E-state index contributed by atoms with van der Waals surface area (Å²) in [6, 6.07) is 4.98. The molecule has 1 aromatic carbocycles. The zero-order chi connectivity index (χ0) is 16.4. The van der Waals surface area contributed by atoms with Crippen molar-refractivity contribution in [2.24, 2.45) is 11.7 Å². The molecule has 0 bridgehead atoms. The Kier molecular flexibility index (Phi) is 9.78. The first kappa shape index (κ1) is 19.7. The summed E-state index contributed by atoms with van der Waals surface area (Å²) in [5.74, 6) is 0.273. The Morgan fingerprint density at radius 1 is 1.52 bits per heavy atom. The average molecular weight is 300 g/mol. The number of rotatable bonds is 2. The molecule has 0 spiro atoms. The van der Waals surface area contributed by atoms with E-state index in [1.165, 1.54) is 0 Å². The summed E-state index contributed by atoms with van der Waals surface area (Å²) in [5, 5.41) is 10.1. The van der Waals surface area contributed by atoms with Crippen LogP contribution in [0.3, 0.4) is 0 Å². The maximum atomic E-state index is 12.9. The number of aryl methyl sites for hydroxylation is 1. The lowest BCUT2D eigenvalue weighted by Gasteiger charge is -2.08. The number of hydroxylamine groups is 2. The summed E-state index contributed by atoms with van der Waals surface area (Å²) in [7, 11) is 0. The molecule has 1 heterocycles. The second-order valence-electron chi connectivity index (χ2n) is 4.92. The van der Waals surface area contributed by atoms with Gasteiger partial charge in [0.15, 0.2) is 0 Å².